The van der Waals surface area contributed by atoms with Gasteiger partial charge in [0.2, 0.25) is 0 Å². The summed E-state index contributed by atoms with van der Waals surface area (Å²) in [5.41, 5.74) is 16.3. The Labute approximate surface area is 355 Å². The summed E-state index contributed by atoms with van der Waals surface area (Å²) in [6.45, 7) is 33.1. The fourth-order valence-corrected chi connectivity index (χ4v) is 8.78. The zero-order valence-corrected chi connectivity index (χ0v) is 40.0. The number of hydrogen-bond donors (Lipinski definition) is 2. The SMILES string of the molecule is C=C1C[C@@H](CO[Si](C)(C)C(C)(C)C)N(C(=O)c2cc(OC)c(OCCCCCOc3cc(N)c(C(=O)N4CC(=C)C[C@H]4CO[Si](C)(C)C(C)(C)C)cc3OC)cc2N)C1. The molecule has 12 nitrogen and oxygen atoms in total. The van der Waals surface area contributed by atoms with Crippen molar-refractivity contribution in [3.8, 4) is 23.0 Å². The van der Waals surface area contributed by atoms with Gasteiger partial charge >= 0.3 is 0 Å². The Morgan fingerprint density at radius 3 is 1.32 bits per heavy atom. The molecule has 2 aromatic rings. The summed E-state index contributed by atoms with van der Waals surface area (Å²) in [4.78, 5) is 31.3. The Morgan fingerprint density at radius 1 is 0.644 bits per heavy atom. The highest BCUT2D eigenvalue weighted by Crippen LogP contribution is 2.40. The maximum atomic E-state index is 13.9. The number of unbranched alkanes of at least 4 members (excludes halogenated alkanes) is 2. The average molecular weight is 853 g/mol. The molecule has 2 heterocycles. The van der Waals surface area contributed by atoms with E-state index < -0.39 is 16.6 Å². The molecule has 0 radical (unpaired) electrons. The van der Waals surface area contributed by atoms with Crippen LogP contribution in [0.4, 0.5) is 11.4 Å². The van der Waals surface area contributed by atoms with E-state index >= 15 is 0 Å². The van der Waals surface area contributed by atoms with Crippen molar-refractivity contribution in [3.05, 3.63) is 59.7 Å². The molecule has 59 heavy (non-hydrogen) atoms. The van der Waals surface area contributed by atoms with Crippen molar-refractivity contribution in [1.82, 2.24) is 9.80 Å². The van der Waals surface area contributed by atoms with E-state index in [9.17, 15) is 9.59 Å². The van der Waals surface area contributed by atoms with Crippen molar-refractivity contribution in [2.75, 3.05) is 65.2 Å². The van der Waals surface area contributed by atoms with E-state index in [4.69, 9.17) is 39.3 Å². The molecule has 328 valence electrons. The fourth-order valence-electron chi connectivity index (χ4n) is 6.69. The Bertz CT molecular complexity index is 1720. The third-order valence-electron chi connectivity index (χ3n) is 12.6. The van der Waals surface area contributed by atoms with Crippen LogP contribution in [0.1, 0.15) is 94.4 Å². The van der Waals surface area contributed by atoms with Gasteiger partial charge in [0.05, 0.1) is 63.9 Å². The number of likely N-dealkylation sites (tertiary alicyclic amines) is 2. The van der Waals surface area contributed by atoms with E-state index in [-0.39, 0.29) is 34.0 Å². The summed E-state index contributed by atoms with van der Waals surface area (Å²) in [6.07, 6.45) is 3.70. The third-order valence-corrected chi connectivity index (χ3v) is 21.6. The first-order valence-corrected chi connectivity index (χ1v) is 26.7. The quantitative estimate of drug-likeness (QED) is 0.0644. The number of nitrogens with two attached hydrogens (primary N) is 2. The summed E-state index contributed by atoms with van der Waals surface area (Å²) in [5.74, 6) is 1.48. The molecule has 2 aliphatic heterocycles. The van der Waals surface area contributed by atoms with E-state index in [1.807, 2.05) is 9.80 Å². The third kappa shape index (κ3) is 11.6. The highest BCUT2D eigenvalue weighted by Gasteiger charge is 2.41. The highest BCUT2D eigenvalue weighted by molar-refractivity contribution is 6.74. The molecule has 0 bridgehead atoms. The standard InChI is InChI=1S/C45H72N4O8Si2/c1-30-20-32(28-56-58(11,12)44(3,4)5)48(26-30)42(50)34-22-38(52-9)40(24-36(34)46)54-18-16-15-17-19-55-41-25-37(47)35(23-39(41)53-10)43(51)49-27-31(2)21-33(49)29-57-59(13,14)45(6,7)8/h22-25,32-33H,1-2,15-21,26-29,46-47H2,3-14H3/t32-,33-/m0/s1. The van der Waals surface area contributed by atoms with Gasteiger partial charge in [-0.1, -0.05) is 65.8 Å². The van der Waals surface area contributed by atoms with Crippen LogP contribution in [0.25, 0.3) is 0 Å². The molecule has 0 unspecified atom stereocenters. The predicted octanol–water partition coefficient (Wildman–Crippen LogP) is 9.08. The minimum Gasteiger partial charge on any atom is -0.493 e. The zero-order chi connectivity index (χ0) is 44.1. The number of ether oxygens (including phenoxy) is 4. The van der Waals surface area contributed by atoms with Gasteiger partial charge in [0.15, 0.2) is 39.6 Å². The Hall–Kier alpha value is -3.99. The second-order valence-corrected chi connectivity index (χ2v) is 28.8. The molecular formula is C45H72N4O8Si2. The molecule has 2 atom stereocenters. The Balaban J connectivity index is 1.29. The van der Waals surface area contributed by atoms with E-state index in [2.05, 4.69) is 80.9 Å². The second-order valence-electron chi connectivity index (χ2n) is 19.2. The van der Waals surface area contributed by atoms with Gasteiger partial charge in [-0.3, -0.25) is 9.59 Å². The Morgan fingerprint density at radius 2 is 1.00 bits per heavy atom. The van der Waals surface area contributed by atoms with Crippen LogP contribution in [0.3, 0.4) is 0 Å². The molecule has 2 amide bonds. The van der Waals surface area contributed by atoms with Crippen LogP contribution in [0.2, 0.25) is 36.3 Å². The number of carbonyl (C=O) groups excluding carboxylic acids is 2. The van der Waals surface area contributed by atoms with Gasteiger partial charge in [-0.15, -0.1) is 0 Å². The lowest BCUT2D eigenvalue weighted by atomic mass is 10.1. The monoisotopic (exact) mass is 852 g/mol. The molecule has 4 N–H and O–H groups in total. The van der Waals surface area contributed by atoms with Crippen LogP contribution in [-0.4, -0.2) is 104 Å². The number of methoxy groups -OCH3 is 2. The van der Waals surface area contributed by atoms with Crippen LogP contribution >= 0.6 is 0 Å². The van der Waals surface area contributed by atoms with Gasteiger partial charge in [0.1, 0.15) is 0 Å². The van der Waals surface area contributed by atoms with E-state index in [0.717, 1.165) is 30.4 Å². The first-order valence-electron chi connectivity index (χ1n) is 20.8. The molecule has 14 heteroatoms. The van der Waals surface area contributed by atoms with Crippen LogP contribution in [0.15, 0.2) is 48.6 Å². The fraction of sp³-hybridized carbons (Fsp3) is 0.600. The first kappa shape index (κ1) is 47.7. The molecule has 0 aromatic heterocycles. The summed E-state index contributed by atoms with van der Waals surface area (Å²) in [6, 6.07) is 6.44. The van der Waals surface area contributed by atoms with Gasteiger partial charge in [0.25, 0.3) is 11.8 Å². The topological polar surface area (TPSA) is 148 Å². The maximum Gasteiger partial charge on any atom is 0.256 e. The molecule has 2 aromatic carbocycles. The van der Waals surface area contributed by atoms with E-state index in [1.54, 1.807) is 38.5 Å². The Kier molecular flexibility index (Phi) is 15.5. The summed E-state index contributed by atoms with van der Waals surface area (Å²) >= 11 is 0. The van der Waals surface area contributed by atoms with Crippen LogP contribution in [0, 0.1) is 0 Å². The summed E-state index contributed by atoms with van der Waals surface area (Å²) < 4.78 is 36.5. The number of anilines is 2. The first-order chi connectivity index (χ1) is 27.4. The van der Waals surface area contributed by atoms with Gasteiger partial charge in [-0.25, -0.2) is 0 Å². The number of nitrogen functional groups attached to an aromatic ring is 2. The molecule has 0 aliphatic carbocycles. The van der Waals surface area contributed by atoms with Gasteiger partial charge in [-0.05, 0) is 80.5 Å². The van der Waals surface area contributed by atoms with Gasteiger partial charge < -0.3 is 49.1 Å². The molecule has 2 saturated heterocycles. The number of benzene rings is 2. The number of carbonyl (C=O) groups is 2. The predicted molar refractivity (Wildman–Crippen MR) is 243 cm³/mol. The van der Waals surface area contributed by atoms with Crippen molar-refractivity contribution in [2.45, 2.75) is 122 Å². The van der Waals surface area contributed by atoms with Crippen LogP contribution in [0.5, 0.6) is 23.0 Å². The lowest BCUT2D eigenvalue weighted by Crippen LogP contribution is -2.46. The van der Waals surface area contributed by atoms with Crippen LogP contribution in [-0.2, 0) is 8.85 Å². The molecule has 0 spiro atoms. The van der Waals surface area contributed by atoms with Crippen molar-refractivity contribution in [2.24, 2.45) is 0 Å². The largest absolute Gasteiger partial charge is 0.493 e. The lowest BCUT2D eigenvalue weighted by molar-refractivity contribution is 0.0680. The number of rotatable bonds is 18. The van der Waals surface area contributed by atoms with E-state index in [1.165, 1.54) is 0 Å². The number of amides is 2. The van der Waals surface area contributed by atoms with Crippen molar-refractivity contribution in [1.29, 1.82) is 0 Å². The van der Waals surface area contributed by atoms with Gasteiger partial charge in [0, 0.05) is 36.6 Å². The minimum absolute atomic E-state index is 0.0652. The molecular weight excluding hydrogens is 781 g/mol. The number of hydrogen-bond acceptors (Lipinski definition) is 10. The lowest BCUT2D eigenvalue weighted by Gasteiger charge is -2.38. The maximum absolute atomic E-state index is 13.9. The van der Waals surface area contributed by atoms with Gasteiger partial charge in [-0.2, -0.15) is 0 Å². The molecule has 0 saturated carbocycles. The molecule has 2 aliphatic rings. The van der Waals surface area contributed by atoms with Crippen LogP contribution < -0.4 is 30.4 Å². The average Bonchev–Trinajstić information content (AvgIpc) is 3.72. The van der Waals surface area contributed by atoms with Crippen molar-refractivity contribution >= 4 is 39.8 Å². The second kappa shape index (κ2) is 19.2. The normalized spacial score (nSPS) is 17.8. The summed E-state index contributed by atoms with van der Waals surface area (Å²) in [5, 5.41) is 0.130. The van der Waals surface area contributed by atoms with E-state index in [0.29, 0.717) is 97.9 Å². The minimum atomic E-state index is -2.00. The van der Waals surface area contributed by atoms with Crippen molar-refractivity contribution in [3.63, 3.8) is 0 Å². The number of nitrogens with zero attached hydrogens (tertiary/aromatic N) is 2. The smallest absolute Gasteiger partial charge is 0.256 e. The summed E-state index contributed by atoms with van der Waals surface area (Å²) in [7, 11) is -0.904. The molecule has 2 fully saturated rings. The highest BCUT2D eigenvalue weighted by atomic mass is 28.4. The molecule has 4 rings (SSSR count). The zero-order valence-electron chi connectivity index (χ0n) is 38.0. The van der Waals surface area contributed by atoms with Crippen molar-refractivity contribution < 1.29 is 37.4 Å².